The molecular weight excluding hydrogens is 1940 g/mol. The molecule has 4 aliphatic rings. The Hall–Kier alpha value is -15.1. The van der Waals surface area contributed by atoms with Crippen LogP contribution in [-0.4, -0.2) is 83.9 Å². The van der Waals surface area contributed by atoms with Crippen molar-refractivity contribution in [2.24, 2.45) is 0 Å². The van der Waals surface area contributed by atoms with Gasteiger partial charge in [-0.05, 0) is 240 Å². The number of fused-ring (bicyclic) bond motifs is 12. The fourth-order valence-electron chi connectivity index (χ4n) is 17.9. The summed E-state index contributed by atoms with van der Waals surface area (Å²) in [5.41, 5.74) is 26.2. The molecule has 20 nitrogen and oxygen atoms in total. The van der Waals surface area contributed by atoms with Gasteiger partial charge in [-0.15, -0.1) is 0 Å². The van der Waals surface area contributed by atoms with Crippen LogP contribution in [0.15, 0.2) is 267 Å². The summed E-state index contributed by atoms with van der Waals surface area (Å²) in [7, 11) is 0. The van der Waals surface area contributed by atoms with Crippen LogP contribution in [0.25, 0.3) is 45.0 Å². The zero-order valence-corrected chi connectivity index (χ0v) is 79.8. The van der Waals surface area contributed by atoms with E-state index in [-0.39, 0.29) is 56.4 Å². The highest BCUT2D eigenvalue weighted by Gasteiger charge is 2.32. The summed E-state index contributed by atoms with van der Waals surface area (Å²) in [6.07, 6.45) is 9.93. The minimum Gasteiger partial charge on any atom is -0.392 e. The second-order valence-corrected chi connectivity index (χ2v) is 36.5. The lowest BCUT2D eigenvalue weighted by atomic mass is 9.90. The lowest BCUT2D eigenvalue weighted by Gasteiger charge is -2.21. The zero-order valence-electron chi connectivity index (χ0n) is 77.7. The Kier molecular flexibility index (Phi) is 32.4. The number of aliphatic hydroxyl groups is 4. The summed E-state index contributed by atoms with van der Waals surface area (Å²) < 4.78 is 97.0. The Bertz CT molecular complexity index is 7360. The minimum absolute atomic E-state index is 0.0168. The first-order chi connectivity index (χ1) is 69.5. The first kappa shape index (κ1) is 99.5. The Morgan fingerprint density at radius 2 is 0.545 bits per heavy atom. The number of aromatic nitrogens is 8. The molecule has 0 spiro atoms. The van der Waals surface area contributed by atoms with Gasteiger partial charge >= 0.3 is 0 Å². The van der Waals surface area contributed by atoms with Crippen LogP contribution in [0, 0.1) is 44.3 Å². The number of nitrogens with zero attached hydrogens (tertiary/aromatic N) is 8. The summed E-state index contributed by atoms with van der Waals surface area (Å²) in [6, 6.07) is 84.1. The number of anilines is 4. The first-order valence-corrected chi connectivity index (χ1v) is 48.3. The third kappa shape index (κ3) is 24.6. The molecule has 722 valence electrons. The number of amides is 4. The normalized spacial score (nSPS) is 12.1. The molecule has 0 unspecified atom stereocenters. The van der Waals surface area contributed by atoms with Crippen molar-refractivity contribution >= 4 is 69.5 Å². The molecule has 20 rings (SSSR count). The summed E-state index contributed by atoms with van der Waals surface area (Å²) in [6.45, 7) is -0.0580. The fraction of sp³-hybridized carbons (Fsp3) is 0.200. The number of hydrogen-bond donors (Lipinski definition) is 8. The molecule has 4 heterocycles. The van der Waals surface area contributed by atoms with Crippen molar-refractivity contribution < 1.29 is 70.3 Å². The van der Waals surface area contributed by atoms with Crippen LogP contribution < -0.4 is 21.3 Å². The standard InChI is InChI=1S/C29H22F5N3O2.C29H25F2N3O2.C29H26IN3O2.C28H25N3O2/c30-23-19(24(31)26(33)27(34)25(23)32)13-22(39)37-29-21(10-7-15-4-2-1-3-5-15)35-28-18-9-6-16(14-38)12-17(18)8-11-20(28)36-29;30-23-11-7-19(15-24(23)31)16-27(36)34-29-26(12-8-18-4-2-1-3-5-18)32-28-22-10-6-20(17-35)14-21(22)9-13-25(28)33-29;30-23-11-6-20(7-12-23)17-27(35)33-29-26(14-9-19-4-2-1-3-5-19)31-28-24-13-8-21(18-34)16-22(24)10-15-25(28)32-29;32-18-20-11-14-23-22(17-20)13-16-24-26(23)29-25(15-12-19-7-3-1-4-8-19)27(30-24)31-28(33)21-9-5-2-6-10-21/h1-6,9,12,38H,7-8,10-11,13-14H2,(H,36,37,39);1-7,10-11,14-15,35H,8-9,12-13,16-17H2,(H,33,34,36);1-8,11-13,16,34H,9-10,14-15,17-18H2,(H,32,33,35);1-11,14,17,32H,12-13,15-16,18H2,(H,30,31,33). The van der Waals surface area contributed by atoms with Crippen LogP contribution in [0.1, 0.15) is 139 Å². The van der Waals surface area contributed by atoms with Gasteiger partial charge in [0.1, 0.15) is 0 Å². The van der Waals surface area contributed by atoms with Crippen LogP contribution in [0.3, 0.4) is 0 Å². The topological polar surface area (TPSA) is 300 Å². The van der Waals surface area contributed by atoms with Crippen molar-refractivity contribution in [2.45, 2.75) is 148 Å². The lowest BCUT2D eigenvalue weighted by Crippen LogP contribution is -2.22. The van der Waals surface area contributed by atoms with Gasteiger partial charge in [0, 0.05) is 37.0 Å². The smallest absolute Gasteiger partial charge is 0.256 e. The van der Waals surface area contributed by atoms with Crippen LogP contribution in [0.2, 0.25) is 0 Å². The summed E-state index contributed by atoms with van der Waals surface area (Å²) in [4.78, 5) is 90.5. The molecule has 0 fully saturated rings. The number of halogens is 8. The molecule has 4 amide bonds. The molecule has 0 atom stereocenters. The molecule has 28 heteroatoms. The average molecular weight is 2040 g/mol. The second kappa shape index (κ2) is 46.6. The van der Waals surface area contributed by atoms with E-state index in [0.717, 1.165) is 185 Å². The molecule has 8 N–H and O–H groups in total. The molecule has 0 saturated carbocycles. The molecule has 4 aromatic heterocycles. The Morgan fingerprint density at radius 1 is 0.266 bits per heavy atom. The van der Waals surface area contributed by atoms with Crippen molar-refractivity contribution in [1.29, 1.82) is 0 Å². The highest BCUT2D eigenvalue weighted by molar-refractivity contribution is 14.1. The van der Waals surface area contributed by atoms with Gasteiger partial charge in [0.25, 0.3) is 5.91 Å². The number of carbonyl (C=O) groups excluding carboxylic acids is 4. The number of benzene rings is 12. The molecule has 143 heavy (non-hydrogen) atoms. The Balaban J connectivity index is 0.000000131. The summed E-state index contributed by atoms with van der Waals surface area (Å²) in [5.74, 6) is -12.7. The molecule has 0 radical (unpaired) electrons. The van der Waals surface area contributed by atoms with E-state index in [9.17, 15) is 70.3 Å². The molecule has 4 aliphatic carbocycles. The highest BCUT2D eigenvalue weighted by Crippen LogP contribution is 2.40. The average Bonchev–Trinajstić information content (AvgIpc) is 0.788. The van der Waals surface area contributed by atoms with Crippen molar-refractivity contribution in [1.82, 2.24) is 39.9 Å². The van der Waals surface area contributed by atoms with E-state index in [4.69, 9.17) is 34.9 Å². The Labute approximate surface area is 834 Å². The van der Waals surface area contributed by atoms with Gasteiger partial charge in [-0.2, -0.15) is 0 Å². The third-order valence-electron chi connectivity index (χ3n) is 25.4. The zero-order chi connectivity index (χ0) is 99.6. The van der Waals surface area contributed by atoms with Gasteiger partial charge < -0.3 is 41.7 Å². The summed E-state index contributed by atoms with van der Waals surface area (Å²) >= 11 is 2.26. The molecule has 0 bridgehead atoms. The fourth-order valence-corrected chi connectivity index (χ4v) is 18.3. The van der Waals surface area contributed by atoms with Gasteiger partial charge in [-0.1, -0.05) is 231 Å². The maximum atomic E-state index is 14.2. The Morgan fingerprint density at radius 3 is 0.860 bits per heavy atom. The minimum atomic E-state index is -2.29. The molecule has 16 aromatic rings. The van der Waals surface area contributed by atoms with Gasteiger partial charge in [0.2, 0.25) is 23.5 Å². The van der Waals surface area contributed by atoms with Gasteiger partial charge in [-0.3, -0.25) is 19.2 Å². The van der Waals surface area contributed by atoms with Gasteiger partial charge in [0.15, 0.2) is 58.2 Å². The van der Waals surface area contributed by atoms with Gasteiger partial charge in [-0.25, -0.2) is 70.6 Å². The summed E-state index contributed by atoms with van der Waals surface area (Å²) in [5, 5.41) is 49.4. The van der Waals surface area contributed by atoms with E-state index >= 15 is 0 Å². The van der Waals surface area contributed by atoms with Crippen LogP contribution in [-0.2, 0) is 163 Å². The van der Waals surface area contributed by atoms with E-state index < -0.39 is 58.6 Å². The van der Waals surface area contributed by atoms with E-state index in [1.807, 2.05) is 194 Å². The number of aryl methyl sites for hydroxylation is 16. The van der Waals surface area contributed by atoms with Crippen molar-refractivity contribution in [3.63, 3.8) is 0 Å². The quantitative estimate of drug-likeness (QED) is 0.0103. The molecule has 12 aromatic carbocycles. The number of rotatable bonds is 27. The lowest BCUT2D eigenvalue weighted by molar-refractivity contribution is -0.116. The third-order valence-corrected chi connectivity index (χ3v) is 26.1. The van der Waals surface area contributed by atoms with Crippen molar-refractivity contribution in [3.05, 3.63) is 446 Å². The first-order valence-electron chi connectivity index (χ1n) is 47.2. The molecule has 0 saturated heterocycles. The largest absolute Gasteiger partial charge is 0.392 e. The molecule has 0 aliphatic heterocycles. The van der Waals surface area contributed by atoms with E-state index in [1.54, 1.807) is 18.2 Å². The van der Waals surface area contributed by atoms with E-state index in [1.165, 1.54) is 28.3 Å². The van der Waals surface area contributed by atoms with E-state index in [0.29, 0.717) is 109 Å². The number of aliphatic hydroxyl groups excluding tert-OH is 4. The number of hydrogen-bond acceptors (Lipinski definition) is 16. The van der Waals surface area contributed by atoms with Crippen LogP contribution >= 0.6 is 22.6 Å². The van der Waals surface area contributed by atoms with Crippen LogP contribution in [0.4, 0.5) is 54.0 Å². The highest BCUT2D eigenvalue weighted by atomic mass is 127. The van der Waals surface area contributed by atoms with Crippen LogP contribution in [0.5, 0.6) is 0 Å². The van der Waals surface area contributed by atoms with Crippen molar-refractivity contribution in [3.8, 4) is 45.0 Å². The maximum Gasteiger partial charge on any atom is 0.256 e. The van der Waals surface area contributed by atoms with E-state index in [2.05, 4.69) is 85.2 Å². The predicted molar refractivity (Wildman–Crippen MR) is 542 cm³/mol. The van der Waals surface area contributed by atoms with Crippen molar-refractivity contribution in [2.75, 3.05) is 21.3 Å². The molecular formula is C115H98F7IN12O8. The maximum absolute atomic E-state index is 14.2. The monoisotopic (exact) mass is 2030 g/mol. The van der Waals surface area contributed by atoms with Gasteiger partial charge in [0.05, 0.1) is 114 Å². The number of carbonyl (C=O) groups is 4. The number of nitrogens with one attached hydrogen (secondary N) is 4. The predicted octanol–water partition coefficient (Wildman–Crippen LogP) is 20.5. The SMILES string of the molecule is O=C(Cc1c(F)c(F)c(F)c(F)c1F)Nc1nc2c(nc1CCc1ccccc1)-c1ccc(CO)cc1CC2.O=C(Cc1ccc(F)c(F)c1)Nc1nc2c(nc1CCc1ccccc1)-c1ccc(CO)cc1CC2.O=C(Cc1ccc(I)cc1)Nc1nc2c(nc1CCc1ccccc1)-c1ccc(CO)cc1CC2.O=C(Nc1nc2c(nc1CCc1ccccc1)-c1ccc(CO)cc1CC2)c1ccccc1. The second-order valence-electron chi connectivity index (χ2n) is 35.2.